The number of ether oxygens (including phenoxy) is 1. The molecule has 3 N–H and O–H groups in total. The van der Waals surface area contributed by atoms with Gasteiger partial charge in [0.05, 0.1) is 0 Å². The smallest absolute Gasteiger partial charge is 0.406 e. The normalized spacial score (nSPS) is 12.0. The third-order valence-corrected chi connectivity index (χ3v) is 2.91. The summed E-state index contributed by atoms with van der Waals surface area (Å²) >= 11 is 0. The number of rotatable bonds is 5. The first-order valence-electron chi connectivity index (χ1n) is 6.90. The minimum Gasteiger partial charge on any atom is -0.406 e. The number of nitrogens with one attached hydrogen (secondary N) is 1. The van der Waals surface area contributed by atoms with E-state index in [1.807, 2.05) is 30.3 Å². The molecule has 0 unspecified atom stereocenters. The number of nitrogens with two attached hydrogens (primary N) is 1. The van der Waals surface area contributed by atoms with Crippen molar-refractivity contribution in [1.82, 2.24) is 0 Å². The van der Waals surface area contributed by atoms with Crippen LogP contribution in [-0.2, 0) is 6.42 Å². The lowest BCUT2D eigenvalue weighted by Crippen LogP contribution is -2.23. The standard InChI is InChI=1S/C16H16F3N3O/c17-16(18,19)23-14-9-5-4-6-12(14)10-11-21-15(20)22-13-7-2-1-3-8-13/h1-9H,10-11H2,(H3,20,21,22). The molecule has 0 amide bonds. The number of guanidine groups is 1. The minimum absolute atomic E-state index is 0.199. The van der Waals surface area contributed by atoms with Crippen LogP contribution in [0.25, 0.3) is 0 Å². The monoisotopic (exact) mass is 323 g/mol. The van der Waals surface area contributed by atoms with E-state index in [1.54, 1.807) is 12.1 Å². The summed E-state index contributed by atoms with van der Waals surface area (Å²) in [6, 6.07) is 15.2. The Hall–Kier alpha value is -2.70. The second kappa shape index (κ2) is 7.53. The van der Waals surface area contributed by atoms with E-state index < -0.39 is 6.36 Å². The van der Waals surface area contributed by atoms with Crippen molar-refractivity contribution in [2.75, 3.05) is 11.9 Å². The molecule has 122 valence electrons. The number of para-hydroxylation sites is 2. The molecule has 7 heteroatoms. The van der Waals surface area contributed by atoms with Gasteiger partial charge in [-0.3, -0.25) is 4.99 Å². The molecule has 4 nitrogen and oxygen atoms in total. The van der Waals surface area contributed by atoms with Crippen LogP contribution >= 0.6 is 0 Å². The average Bonchev–Trinajstić information content (AvgIpc) is 2.48. The number of benzene rings is 2. The highest BCUT2D eigenvalue weighted by Crippen LogP contribution is 2.26. The Balaban J connectivity index is 1.94. The molecule has 0 aliphatic rings. The van der Waals surface area contributed by atoms with Crippen molar-refractivity contribution in [2.24, 2.45) is 10.7 Å². The van der Waals surface area contributed by atoms with Crippen molar-refractivity contribution in [3.05, 3.63) is 60.2 Å². The first-order chi connectivity index (χ1) is 10.9. The van der Waals surface area contributed by atoms with Crippen LogP contribution in [0.4, 0.5) is 18.9 Å². The summed E-state index contributed by atoms with van der Waals surface area (Å²) in [5.74, 6) is -0.0183. The van der Waals surface area contributed by atoms with E-state index in [-0.39, 0.29) is 24.7 Å². The zero-order valence-electron chi connectivity index (χ0n) is 12.2. The molecule has 0 saturated heterocycles. The first-order valence-corrected chi connectivity index (χ1v) is 6.90. The van der Waals surface area contributed by atoms with E-state index in [2.05, 4.69) is 15.0 Å². The predicted molar refractivity (Wildman–Crippen MR) is 83.4 cm³/mol. The third-order valence-electron chi connectivity index (χ3n) is 2.91. The number of anilines is 1. The molecule has 0 spiro atoms. The highest BCUT2D eigenvalue weighted by Gasteiger charge is 2.31. The van der Waals surface area contributed by atoms with E-state index in [9.17, 15) is 13.2 Å². The van der Waals surface area contributed by atoms with Gasteiger partial charge >= 0.3 is 6.36 Å². The van der Waals surface area contributed by atoms with Gasteiger partial charge in [-0.15, -0.1) is 13.2 Å². The topological polar surface area (TPSA) is 59.6 Å². The van der Waals surface area contributed by atoms with Gasteiger partial charge in [-0.05, 0) is 30.2 Å². The van der Waals surface area contributed by atoms with Crippen LogP contribution in [0.3, 0.4) is 0 Å². The van der Waals surface area contributed by atoms with Gasteiger partial charge in [0, 0.05) is 12.2 Å². The minimum atomic E-state index is -4.72. The fourth-order valence-corrected chi connectivity index (χ4v) is 1.94. The molecule has 23 heavy (non-hydrogen) atoms. The van der Waals surface area contributed by atoms with E-state index in [1.165, 1.54) is 12.1 Å². The van der Waals surface area contributed by atoms with Gasteiger partial charge in [0.2, 0.25) is 0 Å². The molecule has 0 saturated carbocycles. The zero-order chi connectivity index (χ0) is 16.7. The van der Waals surface area contributed by atoms with Gasteiger partial charge in [0.25, 0.3) is 0 Å². The summed E-state index contributed by atoms with van der Waals surface area (Å²) in [5, 5.41) is 2.90. The Morgan fingerprint density at radius 3 is 2.39 bits per heavy atom. The van der Waals surface area contributed by atoms with Crippen molar-refractivity contribution in [3.8, 4) is 5.75 Å². The highest BCUT2D eigenvalue weighted by atomic mass is 19.4. The molecule has 0 bridgehead atoms. The van der Waals surface area contributed by atoms with E-state index in [4.69, 9.17) is 5.73 Å². The molecule has 2 rings (SSSR count). The molecular formula is C16H16F3N3O. The highest BCUT2D eigenvalue weighted by molar-refractivity contribution is 5.92. The molecule has 0 fully saturated rings. The van der Waals surface area contributed by atoms with Crippen LogP contribution in [0, 0.1) is 0 Å². The molecular weight excluding hydrogens is 307 g/mol. The maximum Gasteiger partial charge on any atom is 0.573 e. The van der Waals surface area contributed by atoms with Gasteiger partial charge in [0.1, 0.15) is 5.75 Å². The van der Waals surface area contributed by atoms with Crippen LogP contribution in [-0.4, -0.2) is 18.9 Å². The first kappa shape index (κ1) is 16.7. The Kier molecular flexibility index (Phi) is 5.46. The third kappa shape index (κ3) is 5.90. The maximum atomic E-state index is 12.3. The number of hydrogen-bond acceptors (Lipinski definition) is 2. The lowest BCUT2D eigenvalue weighted by molar-refractivity contribution is -0.274. The maximum absolute atomic E-state index is 12.3. The fourth-order valence-electron chi connectivity index (χ4n) is 1.94. The number of aliphatic imine (C=N–C) groups is 1. The molecule has 2 aromatic rings. The summed E-state index contributed by atoms with van der Waals surface area (Å²) in [6.45, 7) is 0.240. The molecule has 2 aromatic carbocycles. The quantitative estimate of drug-likeness (QED) is 0.653. The number of hydrogen-bond donors (Lipinski definition) is 2. The largest absolute Gasteiger partial charge is 0.573 e. The summed E-state index contributed by atoms with van der Waals surface area (Å²) in [4.78, 5) is 4.10. The predicted octanol–water partition coefficient (Wildman–Crippen LogP) is 3.55. The summed E-state index contributed by atoms with van der Waals surface area (Å²) < 4.78 is 41.0. The van der Waals surface area contributed by atoms with E-state index in [0.717, 1.165) is 5.69 Å². The van der Waals surface area contributed by atoms with Crippen LogP contribution in [0.2, 0.25) is 0 Å². The fraction of sp³-hybridized carbons (Fsp3) is 0.188. The number of alkyl halides is 3. The summed E-state index contributed by atoms with van der Waals surface area (Å²) in [7, 11) is 0. The van der Waals surface area contributed by atoms with E-state index >= 15 is 0 Å². The van der Waals surface area contributed by atoms with Crippen molar-refractivity contribution < 1.29 is 17.9 Å². The Morgan fingerprint density at radius 1 is 1.04 bits per heavy atom. The molecule has 0 heterocycles. The molecule has 0 aliphatic heterocycles. The lowest BCUT2D eigenvalue weighted by Gasteiger charge is -2.12. The molecule has 0 atom stereocenters. The number of halogens is 3. The molecule has 0 radical (unpaired) electrons. The van der Waals surface area contributed by atoms with Gasteiger partial charge < -0.3 is 15.8 Å². The Morgan fingerprint density at radius 2 is 1.70 bits per heavy atom. The molecule has 0 aromatic heterocycles. The SMILES string of the molecule is NC(=NCCc1ccccc1OC(F)(F)F)Nc1ccccc1. The van der Waals surface area contributed by atoms with Crippen LogP contribution in [0.15, 0.2) is 59.6 Å². The van der Waals surface area contributed by atoms with E-state index in [0.29, 0.717) is 5.56 Å². The zero-order valence-corrected chi connectivity index (χ0v) is 12.2. The second-order valence-corrected chi connectivity index (χ2v) is 4.66. The summed E-state index contributed by atoms with van der Waals surface area (Å²) in [6.07, 6.45) is -4.43. The van der Waals surface area contributed by atoms with Crippen molar-refractivity contribution >= 4 is 11.6 Å². The molecule has 0 aliphatic carbocycles. The van der Waals surface area contributed by atoms with Gasteiger partial charge in [-0.2, -0.15) is 0 Å². The van der Waals surface area contributed by atoms with Gasteiger partial charge in [-0.1, -0.05) is 36.4 Å². The Bertz CT molecular complexity index is 657. The van der Waals surface area contributed by atoms with Crippen molar-refractivity contribution in [2.45, 2.75) is 12.8 Å². The van der Waals surface area contributed by atoms with Gasteiger partial charge in [0.15, 0.2) is 5.96 Å². The van der Waals surface area contributed by atoms with Crippen molar-refractivity contribution in [1.29, 1.82) is 0 Å². The van der Waals surface area contributed by atoms with Crippen molar-refractivity contribution in [3.63, 3.8) is 0 Å². The lowest BCUT2D eigenvalue weighted by atomic mass is 10.1. The van der Waals surface area contributed by atoms with Gasteiger partial charge in [-0.25, -0.2) is 0 Å². The van der Waals surface area contributed by atoms with Crippen LogP contribution in [0.1, 0.15) is 5.56 Å². The van der Waals surface area contributed by atoms with Crippen LogP contribution < -0.4 is 15.8 Å². The Labute approximate surface area is 131 Å². The summed E-state index contributed by atoms with van der Waals surface area (Å²) in [5.41, 5.74) is 6.94. The van der Waals surface area contributed by atoms with Crippen LogP contribution in [0.5, 0.6) is 5.75 Å². The average molecular weight is 323 g/mol. The second-order valence-electron chi connectivity index (χ2n) is 4.66. The number of nitrogens with zero attached hydrogens (tertiary/aromatic N) is 1.